The quantitative estimate of drug-likeness (QED) is 0.102. The van der Waals surface area contributed by atoms with Crippen molar-refractivity contribution in [1.82, 2.24) is 0 Å². The van der Waals surface area contributed by atoms with Crippen LogP contribution in [0.15, 0.2) is 127 Å². The monoisotopic (exact) mass is 817 g/mol. The van der Waals surface area contributed by atoms with Crippen molar-refractivity contribution < 1.29 is 0 Å². The van der Waals surface area contributed by atoms with Gasteiger partial charge < -0.3 is 4.90 Å². The van der Waals surface area contributed by atoms with Crippen LogP contribution in [-0.2, 0) is 0 Å². The van der Waals surface area contributed by atoms with E-state index in [0.717, 1.165) is 22.6 Å². The maximum absolute atomic E-state index is 9.46. The lowest BCUT2D eigenvalue weighted by Gasteiger charge is -2.28. The van der Waals surface area contributed by atoms with Crippen molar-refractivity contribution in [3.63, 3.8) is 0 Å². The van der Waals surface area contributed by atoms with E-state index in [0.29, 0.717) is 0 Å². The van der Waals surface area contributed by atoms with Gasteiger partial charge in [0.1, 0.15) is 17.7 Å². The summed E-state index contributed by atoms with van der Waals surface area (Å²) in [5.41, 5.74) is 27.4. The standard InChI is InChI=1S/C58H57B2N3/c1-36-25-40(5)55(41(6)26-36)59(56-42(7)27-37(2)28-43(56)8)50-15-21-53(22-16-50)63(52-19-13-48(14-20-52)33-49(34-61)35-62)54-23-17-51(18-24-54)60(57-44(9)29-38(3)30-45(57)10)58-46(11)31-39(4)32-47(58)12/h13-33H,1-12H3. The van der Waals surface area contributed by atoms with E-state index in [4.69, 9.17) is 0 Å². The number of rotatable bonds is 10. The molecule has 0 aliphatic carbocycles. The molecule has 7 rings (SSSR count). The largest absolute Gasteiger partial charge is 0.311 e. The molecule has 0 N–H and O–H groups in total. The molecule has 0 heterocycles. The molecule has 0 unspecified atom stereocenters. The fraction of sp³-hybridized carbons (Fsp3) is 0.207. The summed E-state index contributed by atoms with van der Waals surface area (Å²) in [4.78, 5) is 2.30. The Morgan fingerprint density at radius 2 is 0.619 bits per heavy atom. The zero-order valence-electron chi connectivity index (χ0n) is 39.1. The molecular formula is C58H57B2N3. The smallest absolute Gasteiger partial charge is 0.242 e. The first-order valence-corrected chi connectivity index (χ1v) is 22.0. The Bertz CT molecular complexity index is 2590. The molecule has 0 spiro atoms. The van der Waals surface area contributed by atoms with Crippen molar-refractivity contribution in [2.45, 2.75) is 83.1 Å². The molecule has 0 aliphatic heterocycles. The Hall–Kier alpha value is -6.81. The molecule has 0 atom stereocenters. The Morgan fingerprint density at radius 1 is 0.381 bits per heavy atom. The van der Waals surface area contributed by atoms with Crippen LogP contribution in [0.2, 0.25) is 0 Å². The third-order valence-electron chi connectivity index (χ3n) is 12.8. The van der Waals surface area contributed by atoms with Gasteiger partial charge in [0.25, 0.3) is 0 Å². The minimum absolute atomic E-state index is 0.0628. The number of anilines is 3. The summed E-state index contributed by atoms with van der Waals surface area (Å²) >= 11 is 0. The molecule has 0 radical (unpaired) electrons. The van der Waals surface area contributed by atoms with Gasteiger partial charge in [-0.2, -0.15) is 10.5 Å². The number of benzene rings is 7. The average Bonchev–Trinajstić information content (AvgIpc) is 3.21. The number of nitrogens with zero attached hydrogens (tertiary/aromatic N) is 3. The molecule has 7 aromatic carbocycles. The molecular weight excluding hydrogens is 760 g/mol. The van der Waals surface area contributed by atoms with Crippen LogP contribution in [0.5, 0.6) is 0 Å². The molecule has 3 nitrogen and oxygen atoms in total. The third kappa shape index (κ3) is 9.07. The van der Waals surface area contributed by atoms with E-state index in [1.54, 1.807) is 6.08 Å². The fourth-order valence-corrected chi connectivity index (χ4v) is 10.6. The van der Waals surface area contributed by atoms with Crippen LogP contribution in [0.3, 0.4) is 0 Å². The van der Waals surface area contributed by atoms with Gasteiger partial charge in [0.05, 0.1) is 0 Å². The van der Waals surface area contributed by atoms with Crippen molar-refractivity contribution in [2.75, 3.05) is 4.90 Å². The summed E-state index contributed by atoms with van der Waals surface area (Å²) in [7, 11) is 0. The van der Waals surface area contributed by atoms with Crippen LogP contribution in [0, 0.1) is 106 Å². The predicted molar refractivity (Wildman–Crippen MR) is 272 cm³/mol. The van der Waals surface area contributed by atoms with E-state index in [2.05, 4.69) is 197 Å². The molecule has 0 aliphatic rings. The van der Waals surface area contributed by atoms with Crippen LogP contribution in [-0.4, -0.2) is 13.4 Å². The van der Waals surface area contributed by atoms with E-state index < -0.39 is 0 Å². The highest BCUT2D eigenvalue weighted by atomic mass is 15.1. The number of allylic oxidation sites excluding steroid dienone is 1. The topological polar surface area (TPSA) is 50.8 Å². The lowest BCUT2D eigenvalue weighted by Crippen LogP contribution is -2.55. The summed E-state index contributed by atoms with van der Waals surface area (Å²) in [6, 6.07) is 48.9. The second kappa shape index (κ2) is 18.3. The minimum atomic E-state index is 0.0628. The lowest BCUT2D eigenvalue weighted by atomic mass is 9.34. The molecule has 0 aromatic heterocycles. The van der Waals surface area contributed by atoms with Gasteiger partial charge in [0.2, 0.25) is 13.4 Å². The fourth-order valence-electron chi connectivity index (χ4n) is 10.6. The van der Waals surface area contributed by atoms with Crippen LogP contribution in [0.4, 0.5) is 17.1 Å². The second-order valence-electron chi connectivity index (χ2n) is 18.0. The highest BCUT2D eigenvalue weighted by molar-refractivity contribution is 6.97. The predicted octanol–water partition coefficient (Wildman–Crippen LogP) is 10.3. The Kier molecular flexibility index (Phi) is 12.8. The van der Waals surface area contributed by atoms with Gasteiger partial charge in [-0.1, -0.05) is 184 Å². The average molecular weight is 818 g/mol. The van der Waals surface area contributed by atoms with Crippen LogP contribution in [0.1, 0.15) is 72.3 Å². The van der Waals surface area contributed by atoms with Crippen molar-refractivity contribution in [3.8, 4) is 12.1 Å². The number of hydrogen-bond acceptors (Lipinski definition) is 3. The lowest BCUT2D eigenvalue weighted by molar-refractivity contribution is 1.28. The molecule has 0 saturated heterocycles. The minimum Gasteiger partial charge on any atom is -0.311 e. The van der Waals surface area contributed by atoms with Gasteiger partial charge in [-0.05, 0) is 131 Å². The molecule has 0 saturated carbocycles. The summed E-state index contributed by atoms with van der Waals surface area (Å²) in [5, 5.41) is 18.9. The van der Waals surface area contributed by atoms with Gasteiger partial charge in [-0.25, -0.2) is 0 Å². The SMILES string of the molecule is Cc1cc(C)c(B(c2ccc(N(c3ccc(C=C(C#N)C#N)cc3)c3ccc(B(c4c(C)cc(C)cc4C)c4c(C)cc(C)cc4C)cc3)cc2)c2c(C)cc(C)cc2C)c(C)c1. The van der Waals surface area contributed by atoms with Crippen LogP contribution in [0.25, 0.3) is 6.08 Å². The van der Waals surface area contributed by atoms with E-state index in [1.165, 1.54) is 99.5 Å². The number of aryl methyl sites for hydroxylation is 12. The maximum atomic E-state index is 9.46. The van der Waals surface area contributed by atoms with Crippen molar-refractivity contribution in [1.29, 1.82) is 10.5 Å². The molecule has 0 fully saturated rings. The normalized spacial score (nSPS) is 10.8. The zero-order chi connectivity index (χ0) is 45.3. The van der Waals surface area contributed by atoms with Gasteiger partial charge in [-0.15, -0.1) is 0 Å². The zero-order valence-corrected chi connectivity index (χ0v) is 39.1. The highest BCUT2D eigenvalue weighted by Gasteiger charge is 2.30. The first-order valence-electron chi connectivity index (χ1n) is 22.0. The van der Waals surface area contributed by atoms with Gasteiger partial charge in [0, 0.05) is 17.1 Å². The molecule has 5 heteroatoms. The van der Waals surface area contributed by atoms with E-state index >= 15 is 0 Å². The first kappa shape index (κ1) is 44.3. The van der Waals surface area contributed by atoms with Crippen molar-refractivity contribution in [3.05, 3.63) is 199 Å². The van der Waals surface area contributed by atoms with Crippen LogP contribution >= 0.6 is 0 Å². The molecule has 63 heavy (non-hydrogen) atoms. The summed E-state index contributed by atoms with van der Waals surface area (Å²) in [5.74, 6) is 0. The molecule has 310 valence electrons. The first-order chi connectivity index (χ1) is 30.1. The number of hydrogen-bond donors (Lipinski definition) is 0. The second-order valence-corrected chi connectivity index (χ2v) is 18.0. The Labute approximate surface area is 377 Å². The van der Waals surface area contributed by atoms with Crippen LogP contribution < -0.4 is 37.7 Å². The van der Waals surface area contributed by atoms with Crippen molar-refractivity contribution >= 4 is 69.3 Å². The maximum Gasteiger partial charge on any atom is 0.242 e. The Balaban J connectivity index is 1.39. The summed E-state index contributed by atoms with van der Waals surface area (Å²) in [6.07, 6.45) is 1.63. The molecule has 0 bridgehead atoms. The van der Waals surface area contributed by atoms with Crippen molar-refractivity contribution in [2.24, 2.45) is 0 Å². The van der Waals surface area contributed by atoms with Gasteiger partial charge >= 0.3 is 0 Å². The highest BCUT2D eigenvalue weighted by Crippen LogP contribution is 2.34. The molecule has 7 aromatic rings. The van der Waals surface area contributed by atoms with Gasteiger partial charge in [0.15, 0.2) is 0 Å². The summed E-state index contributed by atoms with van der Waals surface area (Å²) < 4.78 is 0. The number of nitriles is 2. The van der Waals surface area contributed by atoms with Gasteiger partial charge in [-0.3, -0.25) is 0 Å². The molecule has 0 amide bonds. The summed E-state index contributed by atoms with van der Waals surface area (Å²) in [6.45, 7) is 26.9. The third-order valence-corrected chi connectivity index (χ3v) is 12.8. The van der Waals surface area contributed by atoms with E-state index in [-0.39, 0.29) is 19.0 Å². The Morgan fingerprint density at radius 3 is 0.857 bits per heavy atom. The van der Waals surface area contributed by atoms with E-state index in [9.17, 15) is 10.5 Å². The van der Waals surface area contributed by atoms with E-state index in [1.807, 2.05) is 24.3 Å².